The lowest BCUT2D eigenvalue weighted by atomic mass is 10.2. The van der Waals surface area contributed by atoms with Crippen LogP contribution in [-0.4, -0.2) is 11.8 Å². The second-order valence-corrected chi connectivity index (χ2v) is 2.59. The van der Waals surface area contributed by atoms with Crippen LogP contribution in [0.5, 0.6) is 0 Å². The van der Waals surface area contributed by atoms with Crippen LogP contribution in [0.4, 0.5) is 0 Å². The first-order valence-electron chi connectivity index (χ1n) is 3.67. The van der Waals surface area contributed by atoms with Gasteiger partial charge in [0.2, 0.25) is 12.5 Å². The fourth-order valence-electron chi connectivity index (χ4n) is 0.907. The van der Waals surface area contributed by atoms with Gasteiger partial charge in [-0.05, 0) is 0 Å². The second kappa shape index (κ2) is 3.66. The maximum Gasteiger partial charge on any atom is 0.283 e. The summed E-state index contributed by atoms with van der Waals surface area (Å²) in [4.78, 5) is 21.2. The highest BCUT2D eigenvalue weighted by Crippen LogP contribution is 1.91. The predicted octanol–water partition coefficient (Wildman–Crippen LogP) is -1.44. The fraction of sp³-hybridized carbons (Fsp3) is 0.125. The van der Waals surface area contributed by atoms with Gasteiger partial charge in [-0.2, -0.15) is 4.57 Å². The molecule has 1 heterocycles. The molecule has 5 nitrogen and oxygen atoms in total. The Hall–Kier alpha value is -1.91. The van der Waals surface area contributed by atoms with Gasteiger partial charge < -0.3 is 11.5 Å². The van der Waals surface area contributed by atoms with Crippen LogP contribution < -0.4 is 16.0 Å². The van der Waals surface area contributed by atoms with Gasteiger partial charge in [-0.3, -0.25) is 9.59 Å². The van der Waals surface area contributed by atoms with Crippen molar-refractivity contribution in [3.8, 4) is 0 Å². The Balaban J connectivity index is 2.81. The molecule has 68 valence electrons. The molecule has 0 radical (unpaired) electrons. The summed E-state index contributed by atoms with van der Waals surface area (Å²) in [6.07, 6.45) is 3.15. The highest BCUT2D eigenvalue weighted by Gasteiger charge is 2.06. The van der Waals surface area contributed by atoms with Gasteiger partial charge in [0.05, 0.1) is 5.56 Å². The number of amides is 2. The van der Waals surface area contributed by atoms with Crippen LogP contribution in [0.25, 0.3) is 0 Å². The average Bonchev–Trinajstić information content (AvgIpc) is 2.04. The zero-order chi connectivity index (χ0) is 9.84. The van der Waals surface area contributed by atoms with E-state index in [0.717, 1.165) is 0 Å². The normalized spacial score (nSPS) is 9.54. The molecule has 0 unspecified atom stereocenters. The van der Waals surface area contributed by atoms with Gasteiger partial charge in [-0.1, -0.05) is 0 Å². The maximum atomic E-state index is 10.7. The van der Waals surface area contributed by atoms with E-state index < -0.39 is 11.8 Å². The first-order chi connectivity index (χ1) is 6.09. The highest BCUT2D eigenvalue weighted by atomic mass is 16.1. The summed E-state index contributed by atoms with van der Waals surface area (Å²) < 4.78 is 1.56. The number of aromatic nitrogens is 1. The van der Waals surface area contributed by atoms with E-state index in [9.17, 15) is 9.59 Å². The van der Waals surface area contributed by atoms with E-state index >= 15 is 0 Å². The molecule has 0 spiro atoms. The lowest BCUT2D eigenvalue weighted by Gasteiger charge is -1.94. The molecule has 13 heavy (non-hydrogen) atoms. The molecular weight excluding hydrogens is 170 g/mol. The Morgan fingerprint density at radius 3 is 2.15 bits per heavy atom. The molecule has 2 amide bonds. The third-order valence-electron chi connectivity index (χ3n) is 1.51. The van der Waals surface area contributed by atoms with E-state index in [4.69, 9.17) is 11.5 Å². The molecule has 0 atom stereocenters. The number of hydrogen-bond acceptors (Lipinski definition) is 2. The van der Waals surface area contributed by atoms with Crippen molar-refractivity contribution in [1.29, 1.82) is 0 Å². The summed E-state index contributed by atoms with van der Waals surface area (Å²) in [5, 5.41) is 0. The first-order valence-corrected chi connectivity index (χ1v) is 3.67. The first kappa shape index (κ1) is 9.18. The summed E-state index contributed by atoms with van der Waals surface area (Å²) in [6, 6.07) is 3.07. The average molecular weight is 180 g/mol. The van der Waals surface area contributed by atoms with E-state index in [1.54, 1.807) is 17.0 Å². The van der Waals surface area contributed by atoms with Crippen molar-refractivity contribution in [3.05, 3.63) is 30.1 Å². The quantitative estimate of drug-likeness (QED) is 0.558. The summed E-state index contributed by atoms with van der Waals surface area (Å²) in [7, 11) is 0. The molecule has 0 aliphatic rings. The van der Waals surface area contributed by atoms with Crippen molar-refractivity contribution in [2.45, 2.75) is 6.54 Å². The minimum Gasteiger partial charge on any atom is -0.366 e. The van der Waals surface area contributed by atoms with Crippen LogP contribution >= 0.6 is 0 Å². The van der Waals surface area contributed by atoms with E-state index in [0.29, 0.717) is 5.56 Å². The number of nitrogens with two attached hydrogens (primary N) is 2. The molecule has 0 fully saturated rings. The molecule has 0 aromatic carbocycles. The zero-order valence-corrected chi connectivity index (χ0v) is 6.93. The van der Waals surface area contributed by atoms with E-state index in [2.05, 4.69) is 0 Å². The molecule has 0 aliphatic carbocycles. The largest absolute Gasteiger partial charge is 0.366 e. The van der Waals surface area contributed by atoms with Crippen LogP contribution in [-0.2, 0) is 11.3 Å². The molecule has 4 N–H and O–H groups in total. The summed E-state index contributed by atoms with van der Waals surface area (Å²) in [5.74, 6) is -0.928. The molecule has 1 aromatic rings. The minimum atomic E-state index is -0.494. The van der Waals surface area contributed by atoms with Gasteiger partial charge in [-0.25, -0.2) is 0 Å². The van der Waals surface area contributed by atoms with Crippen molar-refractivity contribution in [1.82, 2.24) is 0 Å². The van der Waals surface area contributed by atoms with Crippen LogP contribution in [0, 0.1) is 0 Å². The zero-order valence-electron chi connectivity index (χ0n) is 6.93. The van der Waals surface area contributed by atoms with Gasteiger partial charge in [0.1, 0.15) is 0 Å². The number of hydrogen-bond donors (Lipinski definition) is 2. The molecule has 0 saturated carbocycles. The van der Waals surface area contributed by atoms with E-state index in [1.165, 1.54) is 12.1 Å². The Morgan fingerprint density at radius 2 is 1.77 bits per heavy atom. The van der Waals surface area contributed by atoms with Gasteiger partial charge in [0.25, 0.3) is 5.91 Å². The Bertz CT molecular complexity index is 332. The topological polar surface area (TPSA) is 90.1 Å². The van der Waals surface area contributed by atoms with Crippen molar-refractivity contribution in [3.63, 3.8) is 0 Å². The molecule has 0 aliphatic heterocycles. The van der Waals surface area contributed by atoms with Crippen molar-refractivity contribution in [2.75, 3.05) is 0 Å². The van der Waals surface area contributed by atoms with Crippen LogP contribution in [0.3, 0.4) is 0 Å². The van der Waals surface area contributed by atoms with E-state index in [-0.39, 0.29) is 6.54 Å². The minimum absolute atomic E-state index is 0.0963. The Morgan fingerprint density at radius 1 is 1.23 bits per heavy atom. The Kier molecular flexibility index (Phi) is 2.59. The standard InChI is InChI=1S/C8H9N3O2/c9-7(12)5-11-3-1-6(2-4-11)8(10)13/h1-4H,5H2,(H3-,9,10,12,13)/p+1. The molecule has 0 bridgehead atoms. The third-order valence-corrected chi connectivity index (χ3v) is 1.51. The summed E-state index contributed by atoms with van der Waals surface area (Å²) in [6.45, 7) is 0.0963. The SMILES string of the molecule is NC(=O)C[n+]1ccc(C(N)=O)cc1. The number of carbonyl (C=O) groups is 2. The van der Waals surface area contributed by atoms with Crippen molar-refractivity contribution in [2.24, 2.45) is 11.5 Å². The van der Waals surface area contributed by atoms with Gasteiger partial charge in [-0.15, -0.1) is 0 Å². The molecule has 1 rings (SSSR count). The smallest absolute Gasteiger partial charge is 0.283 e. The van der Waals surface area contributed by atoms with Crippen molar-refractivity contribution >= 4 is 11.8 Å². The number of nitrogens with zero attached hydrogens (tertiary/aromatic N) is 1. The molecular formula is C8H10N3O2+. The highest BCUT2D eigenvalue weighted by molar-refractivity contribution is 5.92. The third kappa shape index (κ3) is 2.55. The second-order valence-electron chi connectivity index (χ2n) is 2.59. The lowest BCUT2D eigenvalue weighted by molar-refractivity contribution is -0.684. The van der Waals surface area contributed by atoms with Crippen LogP contribution in [0.15, 0.2) is 24.5 Å². The molecule has 5 heteroatoms. The number of carbonyl (C=O) groups excluding carboxylic acids is 2. The van der Waals surface area contributed by atoms with Crippen molar-refractivity contribution < 1.29 is 14.2 Å². The fourth-order valence-corrected chi connectivity index (χ4v) is 0.907. The maximum absolute atomic E-state index is 10.7. The van der Waals surface area contributed by atoms with Crippen LogP contribution in [0.2, 0.25) is 0 Å². The molecule has 1 aromatic heterocycles. The lowest BCUT2D eigenvalue weighted by Crippen LogP contribution is -2.40. The van der Waals surface area contributed by atoms with E-state index in [1.807, 2.05) is 0 Å². The number of primary amides is 2. The number of rotatable bonds is 3. The summed E-state index contributed by atoms with van der Waals surface area (Å²) >= 11 is 0. The van der Waals surface area contributed by atoms with Crippen LogP contribution in [0.1, 0.15) is 10.4 Å². The van der Waals surface area contributed by atoms with Gasteiger partial charge in [0.15, 0.2) is 12.4 Å². The Labute approximate surface area is 75.0 Å². The van der Waals surface area contributed by atoms with Gasteiger partial charge in [0, 0.05) is 12.1 Å². The predicted molar refractivity (Wildman–Crippen MR) is 44.3 cm³/mol. The monoisotopic (exact) mass is 180 g/mol. The number of pyridine rings is 1. The summed E-state index contributed by atoms with van der Waals surface area (Å²) in [5.41, 5.74) is 10.4. The van der Waals surface area contributed by atoms with Gasteiger partial charge >= 0.3 is 0 Å². The molecule has 0 saturated heterocycles.